The van der Waals surface area contributed by atoms with E-state index in [1.807, 2.05) is 0 Å². The molecule has 0 saturated heterocycles. The summed E-state index contributed by atoms with van der Waals surface area (Å²) in [7, 11) is 0. The van der Waals surface area contributed by atoms with E-state index in [2.05, 4.69) is 0 Å². The lowest BCUT2D eigenvalue weighted by Crippen LogP contribution is -2.10. The number of benzene rings is 1. The van der Waals surface area contributed by atoms with Gasteiger partial charge in [-0.25, -0.2) is 8.78 Å². The molecule has 0 fully saturated rings. The van der Waals surface area contributed by atoms with E-state index >= 15 is 0 Å². The van der Waals surface area contributed by atoms with Crippen molar-refractivity contribution in [2.24, 2.45) is 0 Å². The maximum Gasteiger partial charge on any atom is 0.163 e. The van der Waals surface area contributed by atoms with Crippen LogP contribution in [0.3, 0.4) is 0 Å². The van der Waals surface area contributed by atoms with E-state index in [1.165, 1.54) is 0 Å². The fourth-order valence-corrected chi connectivity index (χ4v) is 2.51. The van der Waals surface area contributed by atoms with Crippen molar-refractivity contribution in [2.45, 2.75) is 24.6 Å². The van der Waals surface area contributed by atoms with Gasteiger partial charge in [-0.3, -0.25) is 0 Å². The molecule has 0 radical (unpaired) electrons. The molecule has 0 nitrogen and oxygen atoms in total. The molecule has 1 aliphatic carbocycles. The highest BCUT2D eigenvalue weighted by Gasteiger charge is 2.26. The normalized spacial score (nSPS) is 20.7. The van der Waals surface area contributed by atoms with Gasteiger partial charge in [0.2, 0.25) is 0 Å². The predicted molar refractivity (Wildman–Crippen MR) is 52.9 cm³/mol. The van der Waals surface area contributed by atoms with E-state index in [0.717, 1.165) is 12.5 Å². The molecule has 0 N–H and O–H groups in total. The third-order valence-electron chi connectivity index (χ3n) is 2.51. The number of fused-ring (bicyclic) bond motifs is 1. The first-order chi connectivity index (χ1) is 6.61. The zero-order valence-corrected chi connectivity index (χ0v) is 8.80. The summed E-state index contributed by atoms with van der Waals surface area (Å²) in [4.78, 5) is 0. The summed E-state index contributed by atoms with van der Waals surface area (Å²) in [5.41, 5.74) is 0.916. The quantitative estimate of drug-likeness (QED) is 0.467. The van der Waals surface area contributed by atoms with Crippen LogP contribution in [0.5, 0.6) is 0 Å². The van der Waals surface area contributed by atoms with Crippen LogP contribution in [0.15, 0.2) is 6.07 Å². The first kappa shape index (κ1) is 10.2. The highest BCUT2D eigenvalue weighted by Crippen LogP contribution is 2.40. The molecule has 1 aromatic rings. The van der Waals surface area contributed by atoms with Crippen molar-refractivity contribution in [3.63, 3.8) is 0 Å². The van der Waals surface area contributed by atoms with Gasteiger partial charge in [0.15, 0.2) is 11.6 Å². The van der Waals surface area contributed by atoms with Gasteiger partial charge in [-0.05, 0) is 30.9 Å². The van der Waals surface area contributed by atoms with Gasteiger partial charge in [0, 0.05) is 10.6 Å². The average Bonchev–Trinajstić information content (AvgIpc) is 2.14. The summed E-state index contributed by atoms with van der Waals surface area (Å²) in [6.45, 7) is 0. The summed E-state index contributed by atoms with van der Waals surface area (Å²) < 4.78 is 26.4. The molecule has 0 spiro atoms. The summed E-state index contributed by atoms with van der Waals surface area (Å²) in [5.74, 6) is -1.76. The Morgan fingerprint density at radius 3 is 2.79 bits per heavy atom. The van der Waals surface area contributed by atoms with Crippen LogP contribution in [0.1, 0.15) is 29.3 Å². The zero-order valence-electron chi connectivity index (χ0n) is 7.29. The van der Waals surface area contributed by atoms with Gasteiger partial charge in [-0.2, -0.15) is 0 Å². The lowest BCUT2D eigenvalue weighted by atomic mass is 9.90. The number of halogens is 4. The van der Waals surface area contributed by atoms with E-state index in [-0.39, 0.29) is 10.6 Å². The minimum Gasteiger partial charge on any atom is -0.204 e. The van der Waals surface area contributed by atoms with Crippen LogP contribution in [0.2, 0.25) is 5.02 Å². The van der Waals surface area contributed by atoms with Crippen molar-refractivity contribution in [3.05, 3.63) is 33.9 Å². The van der Waals surface area contributed by atoms with Gasteiger partial charge >= 0.3 is 0 Å². The molecule has 1 unspecified atom stereocenters. The van der Waals surface area contributed by atoms with Crippen LogP contribution in [-0.2, 0) is 6.42 Å². The topological polar surface area (TPSA) is 0 Å². The van der Waals surface area contributed by atoms with E-state index in [0.29, 0.717) is 18.4 Å². The molecule has 0 heterocycles. The Kier molecular flexibility index (Phi) is 2.67. The van der Waals surface area contributed by atoms with Crippen LogP contribution < -0.4 is 0 Å². The maximum atomic E-state index is 13.4. The summed E-state index contributed by atoms with van der Waals surface area (Å²) in [5, 5.41) is -0.170. The molecule has 4 heteroatoms. The molecule has 0 amide bonds. The van der Waals surface area contributed by atoms with Crippen molar-refractivity contribution in [2.75, 3.05) is 0 Å². The molecule has 14 heavy (non-hydrogen) atoms. The Hall–Kier alpha value is -0.340. The SMILES string of the molecule is Fc1cc(Cl)c2c(c1F)C(Cl)CCC2. The van der Waals surface area contributed by atoms with Gasteiger partial charge < -0.3 is 0 Å². The minimum absolute atomic E-state index is 0.253. The Bertz CT molecular complexity index is 377. The van der Waals surface area contributed by atoms with Crippen LogP contribution in [-0.4, -0.2) is 0 Å². The van der Waals surface area contributed by atoms with Crippen LogP contribution in [0, 0.1) is 11.6 Å². The Morgan fingerprint density at radius 1 is 1.36 bits per heavy atom. The smallest absolute Gasteiger partial charge is 0.163 e. The summed E-state index contributed by atoms with van der Waals surface area (Å²) >= 11 is 11.8. The number of alkyl halides is 1. The molecule has 0 saturated carbocycles. The molecule has 1 aromatic carbocycles. The predicted octanol–water partition coefficient (Wildman–Crippen LogP) is 4.23. The van der Waals surface area contributed by atoms with Crippen molar-refractivity contribution in [1.82, 2.24) is 0 Å². The second-order valence-electron chi connectivity index (χ2n) is 3.41. The standard InChI is InChI=1S/C10H8Cl2F2/c11-6-3-1-2-5-7(12)4-8(13)10(14)9(5)6/h4,6H,1-3H2. The van der Waals surface area contributed by atoms with Gasteiger partial charge in [0.25, 0.3) is 0 Å². The maximum absolute atomic E-state index is 13.4. The third kappa shape index (κ3) is 1.51. The largest absolute Gasteiger partial charge is 0.204 e. The van der Waals surface area contributed by atoms with E-state index < -0.39 is 17.0 Å². The second kappa shape index (κ2) is 3.67. The molecule has 0 aliphatic heterocycles. The molecule has 0 aromatic heterocycles. The monoisotopic (exact) mass is 236 g/mol. The number of hydrogen-bond donors (Lipinski definition) is 0. The van der Waals surface area contributed by atoms with Gasteiger partial charge in [0.1, 0.15) is 0 Å². The second-order valence-corrected chi connectivity index (χ2v) is 4.34. The molecule has 0 bridgehead atoms. The molecule has 1 atom stereocenters. The van der Waals surface area contributed by atoms with Crippen LogP contribution >= 0.6 is 23.2 Å². The zero-order chi connectivity index (χ0) is 10.3. The fraction of sp³-hybridized carbons (Fsp3) is 0.400. The molecular weight excluding hydrogens is 229 g/mol. The van der Waals surface area contributed by atoms with Crippen molar-refractivity contribution in [1.29, 1.82) is 0 Å². The van der Waals surface area contributed by atoms with Gasteiger partial charge in [-0.1, -0.05) is 11.6 Å². The van der Waals surface area contributed by atoms with Crippen LogP contribution in [0.4, 0.5) is 8.78 Å². The lowest BCUT2D eigenvalue weighted by Gasteiger charge is -2.22. The molecule has 2 rings (SSSR count). The Labute approximate surface area is 90.8 Å². The van der Waals surface area contributed by atoms with Gasteiger partial charge in [-0.15, -0.1) is 11.6 Å². The van der Waals surface area contributed by atoms with E-state index in [9.17, 15) is 8.78 Å². The fourth-order valence-electron chi connectivity index (χ4n) is 1.83. The molecule has 1 aliphatic rings. The van der Waals surface area contributed by atoms with Crippen molar-refractivity contribution < 1.29 is 8.78 Å². The number of hydrogen-bond acceptors (Lipinski definition) is 0. The first-order valence-electron chi connectivity index (χ1n) is 4.41. The first-order valence-corrected chi connectivity index (χ1v) is 5.23. The van der Waals surface area contributed by atoms with Crippen molar-refractivity contribution >= 4 is 23.2 Å². The van der Waals surface area contributed by atoms with E-state index in [4.69, 9.17) is 23.2 Å². The highest BCUT2D eigenvalue weighted by atomic mass is 35.5. The molecular formula is C10H8Cl2F2. The van der Waals surface area contributed by atoms with Crippen molar-refractivity contribution in [3.8, 4) is 0 Å². The van der Waals surface area contributed by atoms with Crippen LogP contribution in [0.25, 0.3) is 0 Å². The minimum atomic E-state index is -0.915. The number of rotatable bonds is 0. The molecule has 76 valence electrons. The summed E-state index contributed by atoms with van der Waals surface area (Å²) in [6.07, 6.45) is 2.21. The van der Waals surface area contributed by atoms with E-state index in [1.54, 1.807) is 0 Å². The Balaban J connectivity index is 2.67. The summed E-state index contributed by atoms with van der Waals surface area (Å²) in [6, 6.07) is 1.02. The lowest BCUT2D eigenvalue weighted by molar-refractivity contribution is 0.485. The highest BCUT2D eigenvalue weighted by molar-refractivity contribution is 6.31. The average molecular weight is 237 g/mol. The third-order valence-corrected chi connectivity index (χ3v) is 3.28. The van der Waals surface area contributed by atoms with Gasteiger partial charge in [0.05, 0.1) is 5.38 Å². The Morgan fingerprint density at radius 2 is 2.07 bits per heavy atom.